The van der Waals surface area contributed by atoms with E-state index in [9.17, 15) is 0 Å². The molecule has 108 valence electrons. The van der Waals surface area contributed by atoms with Crippen molar-refractivity contribution in [2.24, 2.45) is 0 Å². The van der Waals surface area contributed by atoms with Crippen molar-refractivity contribution >= 4 is 22.9 Å². The quantitative estimate of drug-likeness (QED) is 0.770. The molecule has 0 aliphatic heterocycles. The highest BCUT2D eigenvalue weighted by Gasteiger charge is 2.10. The van der Waals surface area contributed by atoms with Crippen molar-refractivity contribution in [2.75, 3.05) is 6.54 Å². The first-order valence-electron chi connectivity index (χ1n) is 7.20. The van der Waals surface area contributed by atoms with E-state index in [0.717, 1.165) is 30.1 Å². The molecule has 1 nitrogen and oxygen atoms in total. The van der Waals surface area contributed by atoms with Crippen LogP contribution in [0.3, 0.4) is 0 Å². The van der Waals surface area contributed by atoms with Gasteiger partial charge in [-0.15, -0.1) is 11.3 Å². The van der Waals surface area contributed by atoms with E-state index in [2.05, 4.69) is 49.5 Å². The van der Waals surface area contributed by atoms with Crippen LogP contribution in [0.25, 0.3) is 0 Å². The third-order valence-electron chi connectivity index (χ3n) is 3.43. The summed E-state index contributed by atoms with van der Waals surface area (Å²) in [5.74, 6) is 0. The summed E-state index contributed by atoms with van der Waals surface area (Å²) in [5, 5.41) is 3.59. The lowest BCUT2D eigenvalue weighted by Crippen LogP contribution is -2.31. The predicted molar refractivity (Wildman–Crippen MR) is 90.0 cm³/mol. The minimum atomic E-state index is 0.523. The molecule has 2 rings (SSSR count). The Balaban J connectivity index is 1.91. The van der Waals surface area contributed by atoms with Crippen LogP contribution >= 0.6 is 22.9 Å². The van der Waals surface area contributed by atoms with Crippen molar-refractivity contribution in [1.82, 2.24) is 5.32 Å². The van der Waals surface area contributed by atoms with Crippen molar-refractivity contribution in [3.8, 4) is 0 Å². The zero-order valence-electron chi connectivity index (χ0n) is 12.2. The summed E-state index contributed by atoms with van der Waals surface area (Å²) in [7, 11) is 0. The second-order valence-electron chi connectivity index (χ2n) is 5.19. The van der Waals surface area contributed by atoms with Gasteiger partial charge in [-0.2, -0.15) is 0 Å². The van der Waals surface area contributed by atoms with E-state index < -0.39 is 0 Å². The van der Waals surface area contributed by atoms with Gasteiger partial charge in [0.05, 0.1) is 4.34 Å². The molecule has 0 aliphatic rings. The van der Waals surface area contributed by atoms with Gasteiger partial charge in [0.25, 0.3) is 0 Å². The molecule has 3 heteroatoms. The highest BCUT2D eigenvalue weighted by atomic mass is 35.5. The van der Waals surface area contributed by atoms with E-state index in [0.29, 0.717) is 6.04 Å². The van der Waals surface area contributed by atoms with Crippen LogP contribution in [-0.2, 0) is 12.8 Å². The summed E-state index contributed by atoms with van der Waals surface area (Å²) in [6.07, 6.45) is 3.35. The van der Waals surface area contributed by atoms with Crippen molar-refractivity contribution < 1.29 is 0 Å². The maximum Gasteiger partial charge on any atom is 0.0931 e. The summed E-state index contributed by atoms with van der Waals surface area (Å²) >= 11 is 7.70. The SMILES string of the molecule is CCNC(CCc1cccc(C)c1)Cc1ccc(Cl)s1. The van der Waals surface area contributed by atoms with E-state index in [1.165, 1.54) is 16.0 Å². The van der Waals surface area contributed by atoms with E-state index in [1.54, 1.807) is 11.3 Å². The lowest BCUT2D eigenvalue weighted by molar-refractivity contribution is 0.494. The minimum Gasteiger partial charge on any atom is -0.314 e. The summed E-state index contributed by atoms with van der Waals surface area (Å²) in [5.41, 5.74) is 2.77. The van der Waals surface area contributed by atoms with Gasteiger partial charge in [-0.25, -0.2) is 0 Å². The van der Waals surface area contributed by atoms with Crippen molar-refractivity contribution in [3.05, 3.63) is 56.7 Å². The number of thiophene rings is 1. The Kier molecular flexibility index (Phi) is 6.08. The fraction of sp³-hybridized carbons (Fsp3) is 0.412. The molecule has 1 N–H and O–H groups in total. The average molecular weight is 308 g/mol. The van der Waals surface area contributed by atoms with Crippen molar-refractivity contribution in [3.63, 3.8) is 0 Å². The van der Waals surface area contributed by atoms with Gasteiger partial charge < -0.3 is 5.32 Å². The molecule has 0 saturated carbocycles. The molecule has 1 aromatic heterocycles. The molecule has 0 radical (unpaired) electrons. The van der Waals surface area contributed by atoms with Crippen LogP contribution in [-0.4, -0.2) is 12.6 Å². The smallest absolute Gasteiger partial charge is 0.0931 e. The Hall–Kier alpha value is -0.830. The van der Waals surface area contributed by atoms with Crippen LogP contribution in [0.4, 0.5) is 0 Å². The first-order valence-corrected chi connectivity index (χ1v) is 8.40. The number of benzene rings is 1. The van der Waals surface area contributed by atoms with Crippen LogP contribution < -0.4 is 5.32 Å². The Morgan fingerprint density at radius 1 is 1.25 bits per heavy atom. The zero-order valence-corrected chi connectivity index (χ0v) is 13.7. The topological polar surface area (TPSA) is 12.0 Å². The molecule has 0 fully saturated rings. The fourth-order valence-electron chi connectivity index (χ4n) is 2.48. The maximum absolute atomic E-state index is 6.01. The molecule has 1 unspecified atom stereocenters. The molecular formula is C17H22ClNS. The molecule has 0 amide bonds. The normalized spacial score (nSPS) is 12.6. The number of hydrogen-bond donors (Lipinski definition) is 1. The van der Waals surface area contributed by atoms with Gasteiger partial charge >= 0.3 is 0 Å². The number of aryl methyl sites for hydroxylation is 2. The summed E-state index contributed by atoms with van der Waals surface area (Å²) < 4.78 is 0.883. The average Bonchev–Trinajstić information content (AvgIpc) is 2.82. The standard InChI is InChI=1S/C17H22ClNS/c1-3-19-15(12-16-9-10-17(18)20-16)8-7-14-6-4-5-13(2)11-14/h4-6,9-11,15,19H,3,7-8,12H2,1-2H3. The van der Waals surface area contributed by atoms with E-state index in [-0.39, 0.29) is 0 Å². The van der Waals surface area contributed by atoms with E-state index in [1.807, 2.05) is 6.07 Å². The Morgan fingerprint density at radius 2 is 2.10 bits per heavy atom. The number of halogens is 1. The van der Waals surface area contributed by atoms with Crippen molar-refractivity contribution in [2.45, 2.75) is 39.2 Å². The molecule has 0 aliphatic carbocycles. The monoisotopic (exact) mass is 307 g/mol. The second kappa shape index (κ2) is 7.82. The Morgan fingerprint density at radius 3 is 2.75 bits per heavy atom. The predicted octanol–water partition coefficient (Wildman–Crippen LogP) is 4.86. The van der Waals surface area contributed by atoms with Gasteiger partial charge in [0.1, 0.15) is 0 Å². The summed E-state index contributed by atoms with van der Waals surface area (Å²) in [4.78, 5) is 1.37. The van der Waals surface area contributed by atoms with Gasteiger partial charge in [0, 0.05) is 10.9 Å². The van der Waals surface area contributed by atoms with E-state index in [4.69, 9.17) is 11.6 Å². The van der Waals surface area contributed by atoms with Crippen LogP contribution in [0, 0.1) is 6.92 Å². The highest BCUT2D eigenvalue weighted by Crippen LogP contribution is 2.23. The molecule has 1 heterocycles. The molecule has 0 saturated heterocycles. The van der Waals surface area contributed by atoms with Gasteiger partial charge in [-0.3, -0.25) is 0 Å². The van der Waals surface area contributed by atoms with Crippen LogP contribution in [0.1, 0.15) is 29.3 Å². The molecule has 1 aromatic carbocycles. The first kappa shape index (κ1) is 15.6. The lowest BCUT2D eigenvalue weighted by Gasteiger charge is -2.17. The summed E-state index contributed by atoms with van der Waals surface area (Å²) in [6, 6.07) is 13.5. The van der Waals surface area contributed by atoms with E-state index >= 15 is 0 Å². The molecular weight excluding hydrogens is 286 g/mol. The second-order valence-corrected chi connectivity index (χ2v) is 6.99. The first-order chi connectivity index (χ1) is 9.67. The van der Waals surface area contributed by atoms with Crippen LogP contribution in [0.15, 0.2) is 36.4 Å². The summed E-state index contributed by atoms with van der Waals surface area (Å²) in [6.45, 7) is 5.33. The number of nitrogens with one attached hydrogen (secondary N) is 1. The third kappa shape index (κ3) is 4.93. The van der Waals surface area contributed by atoms with Gasteiger partial charge in [-0.1, -0.05) is 48.4 Å². The Labute approximate surface area is 131 Å². The van der Waals surface area contributed by atoms with Crippen LogP contribution in [0.2, 0.25) is 4.34 Å². The maximum atomic E-state index is 6.01. The highest BCUT2D eigenvalue weighted by molar-refractivity contribution is 7.16. The fourth-order valence-corrected chi connectivity index (χ4v) is 3.65. The molecule has 1 atom stereocenters. The van der Waals surface area contributed by atoms with Gasteiger partial charge in [0.15, 0.2) is 0 Å². The molecule has 0 bridgehead atoms. The largest absolute Gasteiger partial charge is 0.314 e. The lowest BCUT2D eigenvalue weighted by atomic mass is 10.0. The van der Waals surface area contributed by atoms with Crippen LogP contribution in [0.5, 0.6) is 0 Å². The van der Waals surface area contributed by atoms with Crippen molar-refractivity contribution in [1.29, 1.82) is 0 Å². The number of likely N-dealkylation sites (N-methyl/N-ethyl adjacent to an activating group) is 1. The molecule has 2 aromatic rings. The zero-order chi connectivity index (χ0) is 14.4. The molecule has 0 spiro atoms. The Bertz CT molecular complexity index is 535. The number of rotatable bonds is 7. The molecule has 20 heavy (non-hydrogen) atoms. The van der Waals surface area contributed by atoms with Gasteiger partial charge in [0.2, 0.25) is 0 Å². The number of hydrogen-bond acceptors (Lipinski definition) is 2. The van der Waals surface area contributed by atoms with Gasteiger partial charge in [-0.05, 0) is 50.4 Å². The third-order valence-corrected chi connectivity index (χ3v) is 4.69. The minimum absolute atomic E-state index is 0.523.